The van der Waals surface area contributed by atoms with Crippen LogP contribution in [0.4, 0.5) is 15.8 Å². The Labute approximate surface area is 117 Å². The van der Waals surface area contributed by atoms with E-state index in [1.165, 1.54) is 17.7 Å². The summed E-state index contributed by atoms with van der Waals surface area (Å²) in [7, 11) is 0. The molecule has 3 nitrogen and oxygen atoms in total. The fourth-order valence-electron chi connectivity index (χ4n) is 1.84. The molecule has 0 aliphatic heterocycles. The van der Waals surface area contributed by atoms with Crippen LogP contribution in [-0.2, 0) is 11.2 Å². The van der Waals surface area contributed by atoms with Crippen LogP contribution in [0.2, 0.25) is 0 Å². The van der Waals surface area contributed by atoms with Gasteiger partial charge in [-0.2, -0.15) is 0 Å². The number of aryl methyl sites for hydroxylation is 1. The van der Waals surface area contributed by atoms with Crippen molar-refractivity contribution in [1.29, 1.82) is 0 Å². The van der Waals surface area contributed by atoms with Crippen molar-refractivity contribution in [2.75, 3.05) is 17.2 Å². The van der Waals surface area contributed by atoms with E-state index in [0.717, 1.165) is 12.1 Å². The van der Waals surface area contributed by atoms with Crippen molar-refractivity contribution in [3.8, 4) is 0 Å². The Morgan fingerprint density at radius 3 is 2.70 bits per heavy atom. The maximum atomic E-state index is 13.4. The smallest absolute Gasteiger partial charge is 0.243 e. The van der Waals surface area contributed by atoms with Crippen LogP contribution in [-0.4, -0.2) is 12.5 Å². The number of nitrogens with one attached hydrogen (secondary N) is 2. The van der Waals surface area contributed by atoms with Gasteiger partial charge in [-0.25, -0.2) is 4.39 Å². The predicted molar refractivity (Wildman–Crippen MR) is 79.3 cm³/mol. The monoisotopic (exact) mass is 272 g/mol. The highest BCUT2D eigenvalue weighted by atomic mass is 19.1. The fraction of sp³-hybridized carbons (Fsp3) is 0.188. The summed E-state index contributed by atoms with van der Waals surface area (Å²) in [6.07, 6.45) is 0.941. The lowest BCUT2D eigenvalue weighted by molar-refractivity contribution is -0.114. The van der Waals surface area contributed by atoms with Gasteiger partial charge in [0.15, 0.2) is 0 Å². The second-order valence-corrected chi connectivity index (χ2v) is 4.44. The molecule has 0 aliphatic rings. The normalized spacial score (nSPS) is 10.1. The van der Waals surface area contributed by atoms with Crippen LogP contribution in [0.3, 0.4) is 0 Å². The summed E-state index contributed by atoms with van der Waals surface area (Å²) in [4.78, 5) is 11.8. The maximum Gasteiger partial charge on any atom is 0.243 e. The highest BCUT2D eigenvalue weighted by Gasteiger charge is 2.05. The first-order valence-electron chi connectivity index (χ1n) is 6.56. The van der Waals surface area contributed by atoms with Crippen LogP contribution in [0.25, 0.3) is 0 Å². The number of carbonyl (C=O) groups excluding carboxylic acids is 1. The SMILES string of the molecule is CCc1cccc(NCC(=O)Nc2ccccc2F)c1. The van der Waals surface area contributed by atoms with E-state index < -0.39 is 5.82 Å². The van der Waals surface area contributed by atoms with E-state index in [-0.39, 0.29) is 18.1 Å². The fourth-order valence-corrected chi connectivity index (χ4v) is 1.84. The average Bonchev–Trinajstić information content (AvgIpc) is 2.48. The Morgan fingerprint density at radius 1 is 1.15 bits per heavy atom. The summed E-state index contributed by atoms with van der Waals surface area (Å²) in [5.41, 5.74) is 2.28. The molecule has 0 fully saturated rings. The second-order valence-electron chi connectivity index (χ2n) is 4.44. The predicted octanol–water partition coefficient (Wildman–Crippen LogP) is 3.44. The molecule has 104 valence electrons. The summed E-state index contributed by atoms with van der Waals surface area (Å²) in [5.74, 6) is -0.717. The molecule has 0 heterocycles. The molecule has 1 amide bonds. The number of hydrogen-bond donors (Lipinski definition) is 2. The Kier molecular flexibility index (Phi) is 4.71. The molecule has 0 saturated carbocycles. The molecule has 0 bridgehead atoms. The summed E-state index contributed by atoms with van der Waals surface area (Å²) in [6, 6.07) is 14.0. The third-order valence-electron chi connectivity index (χ3n) is 2.94. The standard InChI is InChI=1S/C16H17FN2O/c1-2-12-6-5-7-13(10-12)18-11-16(20)19-15-9-4-3-8-14(15)17/h3-10,18H,2,11H2,1H3,(H,19,20). The van der Waals surface area contributed by atoms with Gasteiger partial charge in [0.2, 0.25) is 5.91 Å². The minimum atomic E-state index is -0.436. The lowest BCUT2D eigenvalue weighted by Crippen LogP contribution is -2.22. The topological polar surface area (TPSA) is 41.1 Å². The number of anilines is 2. The molecular formula is C16H17FN2O. The minimum Gasteiger partial charge on any atom is -0.376 e. The molecular weight excluding hydrogens is 255 g/mol. The molecule has 20 heavy (non-hydrogen) atoms. The molecule has 0 aromatic heterocycles. The molecule has 2 aromatic rings. The molecule has 0 saturated heterocycles. The number of benzene rings is 2. The van der Waals surface area contributed by atoms with Gasteiger partial charge in [-0.05, 0) is 36.2 Å². The summed E-state index contributed by atoms with van der Waals surface area (Å²) >= 11 is 0. The van der Waals surface area contributed by atoms with E-state index in [9.17, 15) is 9.18 Å². The van der Waals surface area contributed by atoms with Gasteiger partial charge in [0.1, 0.15) is 5.82 Å². The third kappa shape index (κ3) is 3.82. The van der Waals surface area contributed by atoms with Gasteiger partial charge >= 0.3 is 0 Å². The summed E-state index contributed by atoms with van der Waals surface area (Å²) in [6.45, 7) is 2.17. The van der Waals surface area contributed by atoms with Crippen LogP contribution >= 0.6 is 0 Å². The summed E-state index contributed by atoms with van der Waals surface area (Å²) < 4.78 is 13.4. The van der Waals surface area contributed by atoms with Crippen molar-refractivity contribution < 1.29 is 9.18 Å². The van der Waals surface area contributed by atoms with E-state index in [2.05, 4.69) is 17.6 Å². The van der Waals surface area contributed by atoms with E-state index in [0.29, 0.717) is 0 Å². The Balaban J connectivity index is 1.90. The number of amides is 1. The van der Waals surface area contributed by atoms with Crippen molar-refractivity contribution in [2.24, 2.45) is 0 Å². The average molecular weight is 272 g/mol. The molecule has 4 heteroatoms. The van der Waals surface area contributed by atoms with Crippen LogP contribution in [0.15, 0.2) is 48.5 Å². The van der Waals surface area contributed by atoms with Gasteiger partial charge in [0.05, 0.1) is 12.2 Å². The Morgan fingerprint density at radius 2 is 1.95 bits per heavy atom. The minimum absolute atomic E-state index is 0.0987. The Hall–Kier alpha value is -2.36. The van der Waals surface area contributed by atoms with Crippen molar-refractivity contribution in [2.45, 2.75) is 13.3 Å². The number of halogens is 1. The lowest BCUT2D eigenvalue weighted by atomic mass is 10.1. The van der Waals surface area contributed by atoms with Crippen molar-refractivity contribution >= 4 is 17.3 Å². The van der Waals surface area contributed by atoms with Gasteiger partial charge in [-0.3, -0.25) is 4.79 Å². The molecule has 0 spiro atoms. The molecule has 0 radical (unpaired) electrons. The highest BCUT2D eigenvalue weighted by molar-refractivity contribution is 5.93. The molecule has 0 aliphatic carbocycles. The number of rotatable bonds is 5. The van der Waals surface area contributed by atoms with Crippen LogP contribution in [0.1, 0.15) is 12.5 Å². The van der Waals surface area contributed by atoms with Gasteiger partial charge in [0, 0.05) is 5.69 Å². The van der Waals surface area contributed by atoms with Crippen LogP contribution in [0.5, 0.6) is 0 Å². The van der Waals surface area contributed by atoms with Crippen molar-refractivity contribution in [1.82, 2.24) is 0 Å². The van der Waals surface area contributed by atoms with E-state index in [4.69, 9.17) is 0 Å². The maximum absolute atomic E-state index is 13.4. The van der Waals surface area contributed by atoms with E-state index >= 15 is 0 Å². The highest BCUT2D eigenvalue weighted by Crippen LogP contribution is 2.13. The second kappa shape index (κ2) is 6.70. The molecule has 2 N–H and O–H groups in total. The zero-order chi connectivity index (χ0) is 14.4. The van der Waals surface area contributed by atoms with E-state index in [1.54, 1.807) is 12.1 Å². The zero-order valence-corrected chi connectivity index (χ0v) is 11.3. The first kappa shape index (κ1) is 14.1. The van der Waals surface area contributed by atoms with Gasteiger partial charge in [-0.15, -0.1) is 0 Å². The van der Waals surface area contributed by atoms with Gasteiger partial charge < -0.3 is 10.6 Å². The molecule has 0 unspecified atom stereocenters. The lowest BCUT2D eigenvalue weighted by Gasteiger charge is -2.09. The first-order chi connectivity index (χ1) is 9.69. The van der Waals surface area contributed by atoms with E-state index in [1.807, 2.05) is 24.3 Å². The number of hydrogen-bond acceptors (Lipinski definition) is 2. The quantitative estimate of drug-likeness (QED) is 0.875. The number of para-hydroxylation sites is 1. The molecule has 0 atom stereocenters. The van der Waals surface area contributed by atoms with Crippen LogP contribution in [0, 0.1) is 5.82 Å². The van der Waals surface area contributed by atoms with Crippen molar-refractivity contribution in [3.63, 3.8) is 0 Å². The largest absolute Gasteiger partial charge is 0.376 e. The Bertz CT molecular complexity index is 599. The molecule has 2 aromatic carbocycles. The molecule has 2 rings (SSSR count). The summed E-state index contributed by atoms with van der Waals surface area (Å²) in [5, 5.41) is 5.56. The first-order valence-corrected chi connectivity index (χ1v) is 6.56. The van der Waals surface area contributed by atoms with Gasteiger partial charge in [-0.1, -0.05) is 31.2 Å². The van der Waals surface area contributed by atoms with Crippen LogP contribution < -0.4 is 10.6 Å². The number of carbonyl (C=O) groups is 1. The third-order valence-corrected chi connectivity index (χ3v) is 2.94. The van der Waals surface area contributed by atoms with Crippen molar-refractivity contribution in [3.05, 3.63) is 59.9 Å². The van der Waals surface area contributed by atoms with Gasteiger partial charge in [0.25, 0.3) is 0 Å². The zero-order valence-electron chi connectivity index (χ0n) is 11.3.